The van der Waals surface area contributed by atoms with Gasteiger partial charge >= 0.3 is 17.8 Å². The average molecular weight is 336 g/mol. The lowest BCUT2D eigenvalue weighted by Crippen LogP contribution is -2.23. The van der Waals surface area contributed by atoms with Crippen molar-refractivity contribution in [3.63, 3.8) is 0 Å². The summed E-state index contributed by atoms with van der Waals surface area (Å²) in [5, 5.41) is 3.20. The zero-order chi connectivity index (χ0) is 17.2. The highest BCUT2D eigenvalue weighted by Gasteiger charge is 2.38. The molecule has 0 saturated heterocycles. The minimum Gasteiger partial charge on any atom is -0.329 e. The first-order chi connectivity index (χ1) is 11.4. The van der Waals surface area contributed by atoms with Crippen molar-refractivity contribution in [2.45, 2.75) is 19.1 Å². The first-order valence-corrected chi connectivity index (χ1v) is 6.96. The molecule has 0 unspecified atom stereocenters. The Kier molecular flexibility index (Phi) is 4.15. The fourth-order valence-corrected chi connectivity index (χ4v) is 2.06. The Morgan fingerprint density at radius 2 is 1.83 bits per heavy atom. The number of nitrogens with zero attached hydrogens (tertiary/aromatic N) is 4. The standard InChI is InChI=1S/C15H11F3N4O2/c16-15(17,18)13-20-12(21-24-13)11-7-9-22(14(23)19-11)8-6-10-4-2-1-3-5-10/h1-5,7,9H,6,8H2. The molecule has 9 heteroatoms. The Bertz CT molecular complexity index is 887. The van der Waals surface area contributed by atoms with Gasteiger partial charge in [-0.2, -0.15) is 23.1 Å². The van der Waals surface area contributed by atoms with E-state index in [0.717, 1.165) is 5.56 Å². The first kappa shape index (κ1) is 15.9. The summed E-state index contributed by atoms with van der Waals surface area (Å²) >= 11 is 0. The van der Waals surface area contributed by atoms with Crippen molar-refractivity contribution in [3.05, 3.63) is 64.5 Å². The van der Waals surface area contributed by atoms with E-state index in [0.29, 0.717) is 13.0 Å². The first-order valence-electron chi connectivity index (χ1n) is 6.96. The van der Waals surface area contributed by atoms with Gasteiger partial charge < -0.3 is 4.52 Å². The molecule has 24 heavy (non-hydrogen) atoms. The van der Waals surface area contributed by atoms with E-state index in [1.165, 1.54) is 16.8 Å². The molecule has 124 valence electrons. The van der Waals surface area contributed by atoms with Gasteiger partial charge in [0, 0.05) is 12.7 Å². The number of aromatic nitrogens is 4. The second-order valence-corrected chi connectivity index (χ2v) is 4.95. The summed E-state index contributed by atoms with van der Waals surface area (Å²) in [6.07, 6.45) is -2.67. The molecule has 0 bridgehead atoms. The molecule has 0 spiro atoms. The van der Waals surface area contributed by atoms with Crippen LogP contribution in [0.5, 0.6) is 0 Å². The van der Waals surface area contributed by atoms with Gasteiger partial charge in [0.2, 0.25) is 5.82 Å². The highest BCUT2D eigenvalue weighted by molar-refractivity contribution is 5.46. The van der Waals surface area contributed by atoms with Crippen molar-refractivity contribution in [2.24, 2.45) is 0 Å². The van der Waals surface area contributed by atoms with Gasteiger partial charge in [-0.25, -0.2) is 4.79 Å². The van der Waals surface area contributed by atoms with Gasteiger partial charge in [0.25, 0.3) is 0 Å². The van der Waals surface area contributed by atoms with E-state index in [1.807, 2.05) is 30.3 Å². The number of hydrogen-bond donors (Lipinski definition) is 0. The maximum Gasteiger partial charge on any atom is 0.471 e. The summed E-state index contributed by atoms with van der Waals surface area (Å²) in [4.78, 5) is 18.9. The van der Waals surface area contributed by atoms with Gasteiger partial charge in [-0.1, -0.05) is 35.5 Å². The molecular formula is C15H11F3N4O2. The Balaban J connectivity index is 1.77. The van der Waals surface area contributed by atoms with Crippen molar-refractivity contribution < 1.29 is 17.7 Å². The molecule has 1 aromatic carbocycles. The van der Waals surface area contributed by atoms with Crippen LogP contribution in [0.4, 0.5) is 13.2 Å². The molecule has 6 nitrogen and oxygen atoms in total. The number of halogens is 3. The van der Waals surface area contributed by atoms with E-state index >= 15 is 0 Å². The van der Waals surface area contributed by atoms with Crippen LogP contribution in [0.1, 0.15) is 11.5 Å². The fourth-order valence-electron chi connectivity index (χ4n) is 2.06. The summed E-state index contributed by atoms with van der Waals surface area (Å²) in [6.45, 7) is 0.399. The van der Waals surface area contributed by atoms with E-state index < -0.39 is 17.8 Å². The van der Waals surface area contributed by atoms with E-state index in [2.05, 4.69) is 19.6 Å². The molecule has 2 heterocycles. The summed E-state index contributed by atoms with van der Waals surface area (Å²) in [5.41, 5.74) is 0.387. The SMILES string of the molecule is O=c1nc(-c2noc(C(F)(F)F)n2)ccn1CCc1ccccc1. The van der Waals surface area contributed by atoms with E-state index in [1.54, 1.807) is 0 Å². The predicted molar refractivity (Wildman–Crippen MR) is 76.9 cm³/mol. The zero-order valence-electron chi connectivity index (χ0n) is 12.2. The third kappa shape index (κ3) is 3.50. The summed E-state index contributed by atoms with van der Waals surface area (Å²) < 4.78 is 42.8. The lowest BCUT2D eigenvalue weighted by molar-refractivity contribution is -0.159. The highest BCUT2D eigenvalue weighted by atomic mass is 19.4. The molecular weight excluding hydrogens is 325 g/mol. The molecule has 2 aromatic heterocycles. The smallest absolute Gasteiger partial charge is 0.329 e. The van der Waals surface area contributed by atoms with Gasteiger partial charge in [-0.3, -0.25) is 4.57 Å². The van der Waals surface area contributed by atoms with Gasteiger partial charge in [0.15, 0.2) is 0 Å². The molecule has 0 N–H and O–H groups in total. The number of hydrogen-bond acceptors (Lipinski definition) is 5. The highest BCUT2D eigenvalue weighted by Crippen LogP contribution is 2.28. The summed E-state index contributed by atoms with van der Waals surface area (Å²) in [6, 6.07) is 10.9. The van der Waals surface area contributed by atoms with Crippen molar-refractivity contribution in [1.82, 2.24) is 19.7 Å². The summed E-state index contributed by atoms with van der Waals surface area (Å²) in [7, 11) is 0. The molecule has 0 saturated carbocycles. The molecule has 0 aliphatic heterocycles. The third-order valence-corrected chi connectivity index (χ3v) is 3.26. The van der Waals surface area contributed by atoms with Gasteiger partial charge in [-0.05, 0) is 18.1 Å². The van der Waals surface area contributed by atoms with E-state index in [9.17, 15) is 18.0 Å². The van der Waals surface area contributed by atoms with Crippen molar-refractivity contribution in [2.75, 3.05) is 0 Å². The fraction of sp³-hybridized carbons (Fsp3) is 0.200. The lowest BCUT2D eigenvalue weighted by atomic mass is 10.1. The van der Waals surface area contributed by atoms with Gasteiger partial charge in [0.05, 0.1) is 0 Å². The van der Waals surface area contributed by atoms with E-state index in [-0.39, 0.29) is 11.5 Å². The molecule has 0 fully saturated rings. The monoisotopic (exact) mass is 336 g/mol. The Hall–Kier alpha value is -2.97. The number of alkyl halides is 3. The van der Waals surface area contributed by atoms with Crippen LogP contribution in [0.25, 0.3) is 11.5 Å². The zero-order valence-corrected chi connectivity index (χ0v) is 12.2. The lowest BCUT2D eigenvalue weighted by Gasteiger charge is -2.05. The Morgan fingerprint density at radius 3 is 2.46 bits per heavy atom. The molecule has 0 aliphatic carbocycles. The normalized spacial score (nSPS) is 11.6. The molecule has 3 rings (SSSR count). The van der Waals surface area contributed by atoms with Crippen LogP contribution >= 0.6 is 0 Å². The molecule has 0 radical (unpaired) electrons. The summed E-state index contributed by atoms with van der Waals surface area (Å²) in [5.74, 6) is -1.86. The van der Waals surface area contributed by atoms with Crippen molar-refractivity contribution in [1.29, 1.82) is 0 Å². The predicted octanol–water partition coefficient (Wildman–Crippen LogP) is 2.55. The molecule has 0 amide bonds. The van der Waals surface area contributed by atoms with Crippen LogP contribution in [0, 0.1) is 0 Å². The van der Waals surface area contributed by atoms with Gasteiger partial charge in [-0.15, -0.1) is 0 Å². The maximum absolute atomic E-state index is 12.4. The van der Waals surface area contributed by atoms with Crippen LogP contribution in [0.3, 0.4) is 0 Å². The minimum absolute atomic E-state index is 0.0739. The second kappa shape index (κ2) is 6.26. The molecule has 0 aliphatic rings. The van der Waals surface area contributed by atoms with Crippen LogP contribution in [0.15, 0.2) is 51.9 Å². The van der Waals surface area contributed by atoms with Crippen LogP contribution in [0.2, 0.25) is 0 Å². The Labute approximate surface area is 133 Å². The van der Waals surface area contributed by atoms with Crippen LogP contribution < -0.4 is 5.69 Å². The number of aryl methyl sites for hydroxylation is 2. The maximum atomic E-state index is 12.4. The van der Waals surface area contributed by atoms with Crippen LogP contribution in [-0.2, 0) is 19.1 Å². The molecule has 0 atom stereocenters. The third-order valence-electron chi connectivity index (χ3n) is 3.26. The average Bonchev–Trinajstić information content (AvgIpc) is 3.05. The van der Waals surface area contributed by atoms with Crippen molar-refractivity contribution >= 4 is 0 Å². The number of rotatable bonds is 4. The van der Waals surface area contributed by atoms with Crippen molar-refractivity contribution in [3.8, 4) is 11.5 Å². The molecule has 3 aromatic rings. The minimum atomic E-state index is -4.74. The van der Waals surface area contributed by atoms with E-state index in [4.69, 9.17) is 0 Å². The Morgan fingerprint density at radius 1 is 1.08 bits per heavy atom. The number of benzene rings is 1. The largest absolute Gasteiger partial charge is 0.471 e. The topological polar surface area (TPSA) is 73.8 Å². The second-order valence-electron chi connectivity index (χ2n) is 4.95. The van der Waals surface area contributed by atoms with Gasteiger partial charge in [0.1, 0.15) is 5.69 Å². The van der Waals surface area contributed by atoms with Crippen LogP contribution in [-0.4, -0.2) is 19.7 Å². The quantitative estimate of drug-likeness (QED) is 0.732.